The van der Waals surface area contributed by atoms with Gasteiger partial charge in [-0.2, -0.15) is 10.4 Å². The first-order chi connectivity index (χ1) is 10.1. The van der Waals surface area contributed by atoms with Gasteiger partial charge in [0.1, 0.15) is 17.5 Å². The molecule has 110 valence electrons. The Morgan fingerprint density at radius 2 is 2.05 bits per heavy atom. The Balaban J connectivity index is 2.39. The van der Waals surface area contributed by atoms with E-state index in [-0.39, 0.29) is 0 Å². The van der Waals surface area contributed by atoms with Crippen molar-refractivity contribution in [2.75, 3.05) is 11.9 Å². The van der Waals surface area contributed by atoms with E-state index in [0.717, 1.165) is 29.9 Å². The molecule has 0 aliphatic rings. The van der Waals surface area contributed by atoms with Crippen LogP contribution in [0.25, 0.3) is 0 Å². The average molecular weight is 284 g/mol. The molecule has 0 saturated heterocycles. The first kappa shape index (κ1) is 15.0. The molecule has 2 rings (SSSR count). The molecule has 0 atom stereocenters. The van der Waals surface area contributed by atoms with E-state index in [1.54, 1.807) is 6.20 Å². The summed E-state index contributed by atoms with van der Waals surface area (Å²) < 4.78 is 1.96. The summed E-state index contributed by atoms with van der Waals surface area (Å²) in [4.78, 5) is 6.23. The fourth-order valence-electron chi connectivity index (χ4n) is 2.38. The first-order valence-corrected chi connectivity index (χ1v) is 7.08. The van der Waals surface area contributed by atoms with Crippen LogP contribution in [0.15, 0.2) is 12.4 Å². The van der Waals surface area contributed by atoms with Crippen LogP contribution in [-0.4, -0.2) is 26.8 Å². The third-order valence-electron chi connectivity index (χ3n) is 3.60. The molecule has 0 radical (unpaired) electrons. The molecule has 2 heterocycles. The molecule has 0 unspecified atom stereocenters. The monoisotopic (exact) mass is 284 g/mol. The van der Waals surface area contributed by atoms with Crippen LogP contribution in [0.5, 0.6) is 0 Å². The molecule has 0 fully saturated rings. The molecule has 0 N–H and O–H groups in total. The lowest BCUT2D eigenvalue weighted by Gasteiger charge is -2.20. The van der Waals surface area contributed by atoms with E-state index in [1.807, 2.05) is 43.6 Å². The highest BCUT2D eigenvalue weighted by molar-refractivity contribution is 5.57. The van der Waals surface area contributed by atoms with Gasteiger partial charge in [0.05, 0.1) is 12.2 Å². The second-order valence-corrected chi connectivity index (χ2v) is 4.95. The summed E-state index contributed by atoms with van der Waals surface area (Å²) in [6.45, 7) is 4.66. The van der Waals surface area contributed by atoms with Crippen molar-refractivity contribution in [3.63, 3.8) is 0 Å². The van der Waals surface area contributed by atoms with Crippen molar-refractivity contribution in [3.05, 3.63) is 35.0 Å². The standard InChI is InChI=1S/C15H20N6/c1-5-11-12(9-16)15(19-18-13(11)6-2)21(4)10-14-17-7-8-20(14)3/h7-8H,5-6,10H2,1-4H3. The van der Waals surface area contributed by atoms with Gasteiger partial charge in [-0.25, -0.2) is 4.98 Å². The molecule has 0 spiro atoms. The van der Waals surface area contributed by atoms with Crippen LogP contribution < -0.4 is 4.90 Å². The normalized spacial score (nSPS) is 10.4. The zero-order valence-electron chi connectivity index (χ0n) is 13.0. The molecule has 0 amide bonds. The summed E-state index contributed by atoms with van der Waals surface area (Å²) in [7, 11) is 3.86. The van der Waals surface area contributed by atoms with E-state index in [0.29, 0.717) is 17.9 Å². The predicted octanol–water partition coefficient (Wildman–Crippen LogP) is 1.84. The number of hydrogen-bond acceptors (Lipinski definition) is 5. The van der Waals surface area contributed by atoms with Crippen molar-refractivity contribution in [1.29, 1.82) is 5.26 Å². The number of aryl methyl sites for hydroxylation is 2. The van der Waals surface area contributed by atoms with Crippen molar-refractivity contribution in [1.82, 2.24) is 19.7 Å². The van der Waals surface area contributed by atoms with Crippen LogP contribution in [0, 0.1) is 11.3 Å². The SMILES string of the molecule is CCc1nnc(N(C)Cc2nccn2C)c(C#N)c1CC. The van der Waals surface area contributed by atoms with Gasteiger partial charge in [0.2, 0.25) is 0 Å². The molecule has 0 aliphatic carbocycles. The Bertz CT molecular complexity index is 667. The van der Waals surface area contributed by atoms with E-state index in [4.69, 9.17) is 0 Å². The molecule has 6 nitrogen and oxygen atoms in total. The van der Waals surface area contributed by atoms with Gasteiger partial charge in [0, 0.05) is 26.5 Å². The minimum Gasteiger partial charge on any atom is -0.350 e. The van der Waals surface area contributed by atoms with Crippen LogP contribution in [0.4, 0.5) is 5.82 Å². The van der Waals surface area contributed by atoms with Crippen molar-refractivity contribution >= 4 is 5.82 Å². The maximum atomic E-state index is 9.51. The molecular weight excluding hydrogens is 264 g/mol. The average Bonchev–Trinajstić information content (AvgIpc) is 2.90. The number of rotatable bonds is 5. The third kappa shape index (κ3) is 2.87. The molecule has 21 heavy (non-hydrogen) atoms. The largest absolute Gasteiger partial charge is 0.350 e. The maximum absolute atomic E-state index is 9.51. The van der Waals surface area contributed by atoms with Crippen molar-refractivity contribution in [2.45, 2.75) is 33.2 Å². The molecule has 6 heteroatoms. The Labute approximate surface area is 125 Å². The number of aromatic nitrogens is 4. The lowest BCUT2D eigenvalue weighted by molar-refractivity contribution is 0.742. The van der Waals surface area contributed by atoms with Gasteiger partial charge >= 0.3 is 0 Å². The van der Waals surface area contributed by atoms with E-state index in [1.165, 1.54) is 0 Å². The van der Waals surface area contributed by atoms with Gasteiger partial charge in [-0.1, -0.05) is 13.8 Å². The molecule has 0 bridgehead atoms. The van der Waals surface area contributed by atoms with Crippen molar-refractivity contribution in [2.24, 2.45) is 7.05 Å². The fourth-order valence-corrected chi connectivity index (χ4v) is 2.38. The van der Waals surface area contributed by atoms with Gasteiger partial charge in [0.25, 0.3) is 0 Å². The summed E-state index contributed by atoms with van der Waals surface area (Å²) in [6.07, 6.45) is 5.23. The molecule has 0 aromatic carbocycles. The smallest absolute Gasteiger partial charge is 0.169 e. The zero-order chi connectivity index (χ0) is 15.4. The highest BCUT2D eigenvalue weighted by Gasteiger charge is 2.18. The van der Waals surface area contributed by atoms with Gasteiger partial charge in [-0.3, -0.25) is 0 Å². The highest BCUT2D eigenvalue weighted by atomic mass is 15.3. The number of hydrogen-bond donors (Lipinski definition) is 0. The Morgan fingerprint density at radius 1 is 1.29 bits per heavy atom. The Morgan fingerprint density at radius 3 is 2.57 bits per heavy atom. The van der Waals surface area contributed by atoms with Crippen LogP contribution >= 0.6 is 0 Å². The molecule has 0 aliphatic heterocycles. The quantitative estimate of drug-likeness (QED) is 0.838. The van der Waals surface area contributed by atoms with Crippen molar-refractivity contribution < 1.29 is 0 Å². The van der Waals surface area contributed by atoms with Crippen LogP contribution in [0.3, 0.4) is 0 Å². The minimum atomic E-state index is 0.585. The molecular formula is C15H20N6. The summed E-state index contributed by atoms with van der Waals surface area (Å²) in [5, 5.41) is 18.0. The second-order valence-electron chi connectivity index (χ2n) is 4.95. The summed E-state index contributed by atoms with van der Waals surface area (Å²) in [5.74, 6) is 1.54. The fraction of sp³-hybridized carbons (Fsp3) is 0.467. The van der Waals surface area contributed by atoms with Crippen molar-refractivity contribution in [3.8, 4) is 6.07 Å². The van der Waals surface area contributed by atoms with Gasteiger partial charge in [-0.05, 0) is 18.4 Å². The van der Waals surface area contributed by atoms with Crippen LogP contribution in [0.1, 0.15) is 36.5 Å². The Hall–Kier alpha value is -2.42. The van der Waals surface area contributed by atoms with E-state index < -0.39 is 0 Å². The second kappa shape index (κ2) is 6.35. The maximum Gasteiger partial charge on any atom is 0.169 e. The summed E-state index contributed by atoms with van der Waals surface area (Å²) >= 11 is 0. The van der Waals surface area contributed by atoms with Gasteiger partial charge in [-0.15, -0.1) is 5.10 Å². The van der Waals surface area contributed by atoms with Crippen LogP contribution in [0.2, 0.25) is 0 Å². The minimum absolute atomic E-state index is 0.585. The van der Waals surface area contributed by atoms with Crippen LogP contribution in [-0.2, 0) is 26.4 Å². The summed E-state index contributed by atoms with van der Waals surface area (Å²) in [5.41, 5.74) is 2.53. The molecule has 2 aromatic rings. The predicted molar refractivity (Wildman–Crippen MR) is 80.8 cm³/mol. The highest BCUT2D eigenvalue weighted by Crippen LogP contribution is 2.23. The number of anilines is 1. The van der Waals surface area contributed by atoms with Gasteiger partial charge in [0.15, 0.2) is 5.82 Å². The topological polar surface area (TPSA) is 70.6 Å². The molecule has 0 saturated carbocycles. The lowest BCUT2D eigenvalue weighted by Crippen LogP contribution is -2.23. The van der Waals surface area contributed by atoms with E-state index in [9.17, 15) is 5.26 Å². The Kier molecular flexibility index (Phi) is 4.53. The van der Waals surface area contributed by atoms with E-state index in [2.05, 4.69) is 21.3 Å². The molecule has 2 aromatic heterocycles. The number of imidazole rings is 1. The number of nitrogens with zero attached hydrogens (tertiary/aromatic N) is 6. The summed E-state index contributed by atoms with van der Waals surface area (Å²) in [6, 6.07) is 2.29. The van der Waals surface area contributed by atoms with Gasteiger partial charge < -0.3 is 9.47 Å². The number of nitriles is 1. The zero-order valence-corrected chi connectivity index (χ0v) is 13.0. The first-order valence-electron chi connectivity index (χ1n) is 7.08. The lowest BCUT2D eigenvalue weighted by atomic mass is 10.0. The van der Waals surface area contributed by atoms with E-state index >= 15 is 0 Å². The third-order valence-corrected chi connectivity index (χ3v) is 3.60.